The number of nitrogens with two attached hydrogens (primary N) is 1. The molecule has 80 valence electrons. The maximum absolute atomic E-state index is 6.02. The highest BCUT2D eigenvalue weighted by Crippen LogP contribution is 2.17. The Hall–Kier alpha value is -1.39. The van der Waals surface area contributed by atoms with Crippen molar-refractivity contribution < 1.29 is 4.42 Å². The second-order valence-electron chi connectivity index (χ2n) is 3.49. The minimum absolute atomic E-state index is 0.000509. The Balaban J connectivity index is 2.19. The molecule has 1 aromatic carbocycles. The molecule has 0 fully saturated rings. The Bertz CT molecular complexity index is 438. The van der Waals surface area contributed by atoms with E-state index in [4.69, 9.17) is 10.2 Å². The summed E-state index contributed by atoms with van der Waals surface area (Å²) in [7, 11) is 0. The standard InChI is InChI=1S/C11H15N3O/c1-2-13-6-9(12)8-3-4-10-11(5-8)15-7-14-10/h3-5,7,9,13H,2,6,12H2,1H3. The van der Waals surface area contributed by atoms with Crippen LogP contribution in [0.3, 0.4) is 0 Å². The van der Waals surface area contributed by atoms with Gasteiger partial charge in [0.15, 0.2) is 12.0 Å². The number of nitrogens with one attached hydrogen (secondary N) is 1. The van der Waals surface area contributed by atoms with Gasteiger partial charge in [-0.3, -0.25) is 0 Å². The van der Waals surface area contributed by atoms with Crippen LogP contribution >= 0.6 is 0 Å². The fourth-order valence-electron chi connectivity index (χ4n) is 1.52. The van der Waals surface area contributed by atoms with Crippen molar-refractivity contribution in [2.75, 3.05) is 13.1 Å². The molecule has 2 aromatic rings. The Labute approximate surface area is 88.5 Å². The van der Waals surface area contributed by atoms with Crippen LogP contribution in [0.2, 0.25) is 0 Å². The molecule has 0 saturated heterocycles. The molecule has 1 aromatic heterocycles. The van der Waals surface area contributed by atoms with E-state index < -0.39 is 0 Å². The normalized spacial score (nSPS) is 13.2. The van der Waals surface area contributed by atoms with Gasteiger partial charge < -0.3 is 15.5 Å². The zero-order chi connectivity index (χ0) is 10.7. The van der Waals surface area contributed by atoms with E-state index in [1.807, 2.05) is 18.2 Å². The number of likely N-dealkylation sites (N-methyl/N-ethyl adjacent to an activating group) is 1. The monoisotopic (exact) mass is 205 g/mol. The molecule has 0 aliphatic heterocycles. The van der Waals surface area contributed by atoms with E-state index in [1.165, 1.54) is 6.39 Å². The van der Waals surface area contributed by atoms with Gasteiger partial charge in [0.05, 0.1) is 0 Å². The van der Waals surface area contributed by atoms with Crippen molar-refractivity contribution in [3.05, 3.63) is 30.2 Å². The predicted molar refractivity (Wildman–Crippen MR) is 59.5 cm³/mol. The van der Waals surface area contributed by atoms with Crippen LogP contribution in [0.1, 0.15) is 18.5 Å². The number of benzene rings is 1. The first-order valence-corrected chi connectivity index (χ1v) is 5.10. The molecule has 0 amide bonds. The Morgan fingerprint density at radius 2 is 2.40 bits per heavy atom. The molecule has 15 heavy (non-hydrogen) atoms. The zero-order valence-electron chi connectivity index (χ0n) is 8.73. The third kappa shape index (κ3) is 2.16. The van der Waals surface area contributed by atoms with Crippen LogP contribution in [0.4, 0.5) is 0 Å². The highest BCUT2D eigenvalue weighted by atomic mass is 16.3. The van der Waals surface area contributed by atoms with Crippen LogP contribution in [0, 0.1) is 0 Å². The fourth-order valence-corrected chi connectivity index (χ4v) is 1.52. The van der Waals surface area contributed by atoms with E-state index in [0.717, 1.165) is 29.8 Å². The van der Waals surface area contributed by atoms with E-state index in [0.29, 0.717) is 0 Å². The van der Waals surface area contributed by atoms with Gasteiger partial charge >= 0.3 is 0 Å². The number of rotatable bonds is 4. The molecular weight excluding hydrogens is 190 g/mol. The van der Waals surface area contributed by atoms with Gasteiger partial charge in [0.2, 0.25) is 0 Å². The van der Waals surface area contributed by atoms with Crippen LogP contribution in [0.15, 0.2) is 29.0 Å². The number of fused-ring (bicyclic) bond motifs is 1. The van der Waals surface area contributed by atoms with Gasteiger partial charge in [-0.2, -0.15) is 0 Å². The van der Waals surface area contributed by atoms with E-state index in [-0.39, 0.29) is 6.04 Å². The molecule has 0 aliphatic rings. The Kier molecular flexibility index (Phi) is 2.99. The van der Waals surface area contributed by atoms with E-state index in [1.54, 1.807) is 0 Å². The molecule has 4 heteroatoms. The summed E-state index contributed by atoms with van der Waals surface area (Å²) in [6.07, 6.45) is 1.45. The van der Waals surface area contributed by atoms with Gasteiger partial charge in [0, 0.05) is 12.6 Å². The average Bonchev–Trinajstić information content (AvgIpc) is 2.72. The highest BCUT2D eigenvalue weighted by Gasteiger charge is 2.07. The molecule has 0 spiro atoms. The number of oxazole rings is 1. The number of hydrogen-bond donors (Lipinski definition) is 2. The van der Waals surface area contributed by atoms with E-state index >= 15 is 0 Å². The van der Waals surface area contributed by atoms with Gasteiger partial charge in [0.25, 0.3) is 0 Å². The van der Waals surface area contributed by atoms with Crippen molar-refractivity contribution in [3.8, 4) is 0 Å². The first-order chi connectivity index (χ1) is 7.31. The zero-order valence-corrected chi connectivity index (χ0v) is 8.73. The van der Waals surface area contributed by atoms with Crippen LogP contribution in [0.5, 0.6) is 0 Å². The molecule has 0 bridgehead atoms. The van der Waals surface area contributed by atoms with Crippen molar-refractivity contribution in [1.29, 1.82) is 0 Å². The van der Waals surface area contributed by atoms with Crippen LogP contribution in [-0.2, 0) is 0 Å². The second kappa shape index (κ2) is 4.42. The third-order valence-corrected chi connectivity index (χ3v) is 2.40. The summed E-state index contributed by atoms with van der Waals surface area (Å²) in [6, 6.07) is 5.87. The predicted octanol–water partition coefficient (Wildman–Crippen LogP) is 1.44. The highest BCUT2D eigenvalue weighted by molar-refractivity contribution is 5.72. The summed E-state index contributed by atoms with van der Waals surface area (Å²) in [6.45, 7) is 3.76. The quantitative estimate of drug-likeness (QED) is 0.792. The fraction of sp³-hybridized carbons (Fsp3) is 0.364. The Morgan fingerprint density at radius 3 is 3.20 bits per heavy atom. The molecule has 1 unspecified atom stereocenters. The van der Waals surface area contributed by atoms with E-state index in [9.17, 15) is 0 Å². The first-order valence-electron chi connectivity index (χ1n) is 5.10. The van der Waals surface area contributed by atoms with Crippen molar-refractivity contribution in [1.82, 2.24) is 10.3 Å². The summed E-state index contributed by atoms with van der Waals surface area (Å²) < 4.78 is 5.23. The first kappa shape index (κ1) is 10.1. The van der Waals surface area contributed by atoms with E-state index in [2.05, 4.69) is 17.2 Å². The number of nitrogens with zero attached hydrogens (tertiary/aromatic N) is 1. The Morgan fingerprint density at radius 1 is 1.53 bits per heavy atom. The molecule has 1 heterocycles. The molecule has 0 saturated carbocycles. The summed E-state index contributed by atoms with van der Waals surface area (Å²) in [4.78, 5) is 4.06. The number of hydrogen-bond acceptors (Lipinski definition) is 4. The third-order valence-electron chi connectivity index (χ3n) is 2.40. The molecular formula is C11H15N3O. The van der Waals surface area contributed by atoms with Gasteiger partial charge in [-0.25, -0.2) is 4.98 Å². The van der Waals surface area contributed by atoms with Gasteiger partial charge in [0.1, 0.15) is 5.52 Å². The van der Waals surface area contributed by atoms with Crippen LogP contribution < -0.4 is 11.1 Å². The topological polar surface area (TPSA) is 64.1 Å². The largest absolute Gasteiger partial charge is 0.443 e. The lowest BCUT2D eigenvalue weighted by atomic mass is 10.1. The van der Waals surface area contributed by atoms with Crippen molar-refractivity contribution in [2.45, 2.75) is 13.0 Å². The molecule has 0 aliphatic carbocycles. The lowest BCUT2D eigenvalue weighted by Crippen LogP contribution is -2.26. The molecule has 1 atom stereocenters. The minimum atomic E-state index is -0.000509. The average molecular weight is 205 g/mol. The van der Waals surface area contributed by atoms with Crippen molar-refractivity contribution >= 4 is 11.1 Å². The summed E-state index contributed by atoms with van der Waals surface area (Å²) in [5, 5.41) is 3.22. The summed E-state index contributed by atoms with van der Waals surface area (Å²) in [5.74, 6) is 0. The molecule has 3 N–H and O–H groups in total. The van der Waals surface area contributed by atoms with Crippen LogP contribution in [-0.4, -0.2) is 18.1 Å². The molecule has 0 radical (unpaired) electrons. The lowest BCUT2D eigenvalue weighted by Gasteiger charge is -2.11. The van der Waals surface area contributed by atoms with Gasteiger partial charge in [-0.15, -0.1) is 0 Å². The number of aromatic nitrogens is 1. The summed E-state index contributed by atoms with van der Waals surface area (Å²) in [5.41, 5.74) is 8.75. The van der Waals surface area contributed by atoms with Gasteiger partial charge in [-0.1, -0.05) is 13.0 Å². The molecule has 4 nitrogen and oxygen atoms in total. The SMILES string of the molecule is CCNCC(N)c1ccc2ncoc2c1. The summed E-state index contributed by atoms with van der Waals surface area (Å²) >= 11 is 0. The smallest absolute Gasteiger partial charge is 0.181 e. The lowest BCUT2D eigenvalue weighted by molar-refractivity contribution is 0.596. The van der Waals surface area contributed by atoms with Crippen molar-refractivity contribution in [3.63, 3.8) is 0 Å². The van der Waals surface area contributed by atoms with Crippen molar-refractivity contribution in [2.24, 2.45) is 5.73 Å². The second-order valence-corrected chi connectivity index (χ2v) is 3.49. The maximum Gasteiger partial charge on any atom is 0.181 e. The van der Waals surface area contributed by atoms with Crippen LogP contribution in [0.25, 0.3) is 11.1 Å². The minimum Gasteiger partial charge on any atom is -0.443 e. The van der Waals surface area contributed by atoms with Gasteiger partial charge in [-0.05, 0) is 24.2 Å². The maximum atomic E-state index is 6.02. The molecule has 2 rings (SSSR count).